The lowest BCUT2D eigenvalue weighted by Crippen LogP contribution is -2.52. The van der Waals surface area contributed by atoms with Gasteiger partial charge in [-0.3, -0.25) is 4.79 Å². The average Bonchev–Trinajstić information content (AvgIpc) is 3.26. The molecule has 154 valence electrons. The molecule has 1 amide bonds. The third kappa shape index (κ3) is 4.95. The average molecular weight is 398 g/mol. The Morgan fingerprint density at radius 3 is 2.62 bits per heavy atom. The van der Waals surface area contributed by atoms with Crippen LogP contribution in [0.25, 0.3) is 0 Å². The highest BCUT2D eigenvalue weighted by Crippen LogP contribution is 2.31. The number of benzene rings is 2. The first-order valence-corrected chi connectivity index (χ1v) is 10.3. The fourth-order valence-electron chi connectivity index (χ4n) is 4.21. The number of nitrogens with zero attached hydrogens (tertiary/aromatic N) is 2. The first kappa shape index (κ1) is 19.9. The molecular formula is C23H27FN2O3. The van der Waals surface area contributed by atoms with Gasteiger partial charge in [0.2, 0.25) is 0 Å². The van der Waals surface area contributed by atoms with E-state index in [4.69, 9.17) is 9.47 Å². The van der Waals surface area contributed by atoms with Gasteiger partial charge in [0.15, 0.2) is 6.61 Å². The first-order valence-electron chi connectivity index (χ1n) is 10.3. The molecule has 0 unspecified atom stereocenters. The molecular weight excluding hydrogens is 371 g/mol. The molecule has 4 rings (SSSR count). The minimum absolute atomic E-state index is 0.0811. The Morgan fingerprint density at radius 1 is 1.07 bits per heavy atom. The molecule has 2 saturated heterocycles. The second-order valence-electron chi connectivity index (χ2n) is 7.61. The number of carbonyl (C=O) groups excluding carboxylic acids is 1. The molecule has 0 bridgehead atoms. The Labute approximate surface area is 171 Å². The lowest BCUT2D eigenvalue weighted by Gasteiger charge is -2.42. The van der Waals surface area contributed by atoms with Crippen molar-refractivity contribution >= 4 is 5.91 Å². The van der Waals surface area contributed by atoms with Gasteiger partial charge in [-0.1, -0.05) is 36.4 Å². The molecule has 0 aromatic heterocycles. The molecule has 0 saturated carbocycles. The molecule has 2 aromatic carbocycles. The molecule has 2 aliphatic rings. The van der Waals surface area contributed by atoms with Gasteiger partial charge in [0, 0.05) is 19.2 Å². The van der Waals surface area contributed by atoms with Crippen LogP contribution >= 0.6 is 0 Å². The summed E-state index contributed by atoms with van der Waals surface area (Å²) in [6.45, 7) is 3.88. The third-order valence-corrected chi connectivity index (χ3v) is 5.61. The molecule has 2 atom stereocenters. The third-order valence-electron chi connectivity index (χ3n) is 5.61. The molecule has 2 aromatic rings. The molecule has 2 heterocycles. The van der Waals surface area contributed by atoms with Gasteiger partial charge < -0.3 is 19.3 Å². The number of rotatable bonds is 6. The molecule has 0 spiro atoms. The van der Waals surface area contributed by atoms with Gasteiger partial charge in [0.05, 0.1) is 18.8 Å². The fourth-order valence-corrected chi connectivity index (χ4v) is 4.21. The zero-order valence-electron chi connectivity index (χ0n) is 16.5. The van der Waals surface area contributed by atoms with Crippen molar-refractivity contribution in [3.8, 4) is 5.75 Å². The summed E-state index contributed by atoms with van der Waals surface area (Å²) in [4.78, 5) is 17.3. The van der Waals surface area contributed by atoms with Crippen LogP contribution in [0.5, 0.6) is 5.75 Å². The number of amides is 1. The molecule has 5 nitrogen and oxygen atoms in total. The summed E-state index contributed by atoms with van der Waals surface area (Å²) in [6, 6.07) is 15.8. The Bertz CT molecular complexity index is 811. The molecule has 0 aliphatic carbocycles. The maximum Gasteiger partial charge on any atom is 0.261 e. The van der Waals surface area contributed by atoms with E-state index in [2.05, 4.69) is 4.90 Å². The number of hydrogen-bond acceptors (Lipinski definition) is 4. The van der Waals surface area contributed by atoms with Crippen LogP contribution in [0.1, 0.15) is 24.4 Å². The zero-order valence-corrected chi connectivity index (χ0v) is 16.5. The second kappa shape index (κ2) is 9.37. The normalized spacial score (nSPS) is 22.6. The summed E-state index contributed by atoms with van der Waals surface area (Å²) in [7, 11) is 0. The van der Waals surface area contributed by atoms with E-state index in [0.717, 1.165) is 25.2 Å². The van der Waals surface area contributed by atoms with Crippen molar-refractivity contribution < 1.29 is 18.7 Å². The highest BCUT2D eigenvalue weighted by atomic mass is 19.1. The number of hydrogen-bond donors (Lipinski definition) is 0. The van der Waals surface area contributed by atoms with E-state index in [-0.39, 0.29) is 30.5 Å². The van der Waals surface area contributed by atoms with Gasteiger partial charge in [0.25, 0.3) is 5.91 Å². The van der Waals surface area contributed by atoms with Crippen LogP contribution in [-0.4, -0.2) is 61.2 Å². The van der Waals surface area contributed by atoms with E-state index in [1.807, 2.05) is 35.2 Å². The lowest BCUT2D eigenvalue weighted by molar-refractivity contribution is -0.150. The predicted octanol–water partition coefficient (Wildman–Crippen LogP) is 3.27. The van der Waals surface area contributed by atoms with Crippen LogP contribution < -0.4 is 4.74 Å². The van der Waals surface area contributed by atoms with Crippen LogP contribution in [0.2, 0.25) is 0 Å². The molecule has 2 aliphatic heterocycles. The summed E-state index contributed by atoms with van der Waals surface area (Å²) in [5.74, 6) is -0.136. The summed E-state index contributed by atoms with van der Waals surface area (Å²) in [5.41, 5.74) is 1.07. The maximum absolute atomic E-state index is 13.4. The fraction of sp³-hybridized carbons (Fsp3) is 0.435. The number of ether oxygens (including phenoxy) is 2. The summed E-state index contributed by atoms with van der Waals surface area (Å²) in [5, 5.41) is 0. The van der Waals surface area contributed by atoms with Crippen molar-refractivity contribution in [3.05, 3.63) is 66.0 Å². The van der Waals surface area contributed by atoms with Crippen LogP contribution in [0.3, 0.4) is 0 Å². The maximum atomic E-state index is 13.4. The van der Waals surface area contributed by atoms with Crippen LogP contribution in [0, 0.1) is 5.82 Å². The number of halogens is 1. The minimum Gasteiger partial charge on any atom is -0.484 e. The SMILES string of the molecule is O=C(COc1cccc(F)c1)N1CCO[C@@H](CN2CCCC2)[C@@H]1c1ccccc1. The number of carbonyl (C=O) groups is 1. The van der Waals surface area contributed by atoms with Crippen LogP contribution in [-0.2, 0) is 9.53 Å². The van der Waals surface area contributed by atoms with Crippen molar-refractivity contribution in [1.82, 2.24) is 9.80 Å². The molecule has 0 N–H and O–H groups in total. The summed E-state index contributed by atoms with van der Waals surface area (Å²) >= 11 is 0. The number of morpholine rings is 1. The molecule has 2 fully saturated rings. The quantitative estimate of drug-likeness (QED) is 0.749. The smallest absolute Gasteiger partial charge is 0.261 e. The van der Waals surface area contributed by atoms with E-state index in [1.54, 1.807) is 12.1 Å². The standard InChI is InChI=1S/C23H27FN2O3/c24-19-9-6-10-20(15-19)29-17-22(27)26-13-14-28-21(16-25-11-4-5-12-25)23(26)18-7-2-1-3-8-18/h1-3,6-10,15,21,23H,4-5,11-14,16-17H2/t21-,23-/m0/s1. The minimum atomic E-state index is -0.380. The van der Waals surface area contributed by atoms with Gasteiger partial charge in [-0.25, -0.2) is 4.39 Å². The zero-order chi connectivity index (χ0) is 20.1. The Morgan fingerprint density at radius 2 is 1.86 bits per heavy atom. The molecule has 0 radical (unpaired) electrons. The lowest BCUT2D eigenvalue weighted by atomic mass is 9.97. The highest BCUT2D eigenvalue weighted by Gasteiger charge is 2.37. The van der Waals surface area contributed by atoms with Crippen molar-refractivity contribution in [2.45, 2.75) is 25.0 Å². The Balaban J connectivity index is 1.50. The number of likely N-dealkylation sites (tertiary alicyclic amines) is 1. The topological polar surface area (TPSA) is 42.0 Å². The van der Waals surface area contributed by atoms with Crippen molar-refractivity contribution in [2.75, 3.05) is 39.4 Å². The first-order chi connectivity index (χ1) is 14.2. The van der Waals surface area contributed by atoms with E-state index in [1.165, 1.54) is 25.0 Å². The summed E-state index contributed by atoms with van der Waals surface area (Å²) in [6.07, 6.45) is 2.35. The largest absolute Gasteiger partial charge is 0.484 e. The van der Waals surface area contributed by atoms with E-state index in [9.17, 15) is 9.18 Å². The van der Waals surface area contributed by atoms with Gasteiger partial charge in [0.1, 0.15) is 11.6 Å². The monoisotopic (exact) mass is 398 g/mol. The van der Waals surface area contributed by atoms with Crippen molar-refractivity contribution in [3.63, 3.8) is 0 Å². The summed E-state index contributed by atoms with van der Waals surface area (Å²) < 4.78 is 25.1. The van der Waals surface area contributed by atoms with Crippen molar-refractivity contribution in [1.29, 1.82) is 0 Å². The Hall–Kier alpha value is -2.44. The molecule has 6 heteroatoms. The van der Waals surface area contributed by atoms with Crippen molar-refractivity contribution in [2.24, 2.45) is 0 Å². The second-order valence-corrected chi connectivity index (χ2v) is 7.61. The molecule has 29 heavy (non-hydrogen) atoms. The van der Waals surface area contributed by atoms with Crippen LogP contribution in [0.15, 0.2) is 54.6 Å². The van der Waals surface area contributed by atoms with Gasteiger partial charge >= 0.3 is 0 Å². The Kier molecular flexibility index (Phi) is 6.42. The highest BCUT2D eigenvalue weighted by molar-refractivity contribution is 5.78. The van der Waals surface area contributed by atoms with Gasteiger partial charge in [-0.2, -0.15) is 0 Å². The van der Waals surface area contributed by atoms with E-state index < -0.39 is 0 Å². The van der Waals surface area contributed by atoms with E-state index in [0.29, 0.717) is 18.9 Å². The van der Waals surface area contributed by atoms with Gasteiger partial charge in [-0.15, -0.1) is 0 Å². The van der Waals surface area contributed by atoms with Gasteiger partial charge in [-0.05, 0) is 43.6 Å². The predicted molar refractivity (Wildman–Crippen MR) is 108 cm³/mol. The van der Waals surface area contributed by atoms with E-state index >= 15 is 0 Å². The van der Waals surface area contributed by atoms with Crippen LogP contribution in [0.4, 0.5) is 4.39 Å².